The molecule has 0 unspecified atom stereocenters. The van der Waals surface area contributed by atoms with Crippen LogP contribution in [0.5, 0.6) is 0 Å². The minimum Gasteiger partial charge on any atom is -0.281 e. The predicted molar refractivity (Wildman–Crippen MR) is 89.6 cm³/mol. The van der Waals surface area contributed by atoms with Crippen LogP contribution in [0.15, 0.2) is 52.8 Å². The molecule has 0 aliphatic carbocycles. The van der Waals surface area contributed by atoms with Gasteiger partial charge in [-0.1, -0.05) is 37.6 Å². The molecule has 3 rings (SSSR count). The molecule has 0 amide bonds. The molecule has 0 fully saturated rings. The van der Waals surface area contributed by atoms with E-state index in [-0.39, 0.29) is 5.92 Å². The van der Waals surface area contributed by atoms with E-state index in [1.54, 1.807) is 0 Å². The van der Waals surface area contributed by atoms with E-state index in [4.69, 9.17) is 11.6 Å². The lowest BCUT2D eigenvalue weighted by atomic mass is 10.1. The van der Waals surface area contributed by atoms with Crippen molar-refractivity contribution in [1.82, 2.24) is 9.38 Å². The highest BCUT2D eigenvalue weighted by Gasteiger charge is 2.15. The maximum Gasteiger partial charge on any atom is 0.183 e. The summed E-state index contributed by atoms with van der Waals surface area (Å²) in [6.45, 7) is 6.22. The zero-order valence-electron chi connectivity index (χ0n) is 12.8. The van der Waals surface area contributed by atoms with Crippen molar-refractivity contribution in [2.45, 2.75) is 26.7 Å². The summed E-state index contributed by atoms with van der Waals surface area (Å²) in [6, 6.07) is 11.6. The van der Waals surface area contributed by atoms with Gasteiger partial charge in [0.25, 0.3) is 0 Å². The Bertz CT molecular complexity index is 849. The van der Waals surface area contributed by atoms with Gasteiger partial charge in [0.05, 0.1) is 16.4 Å². The Balaban J connectivity index is 2.12. The molecule has 0 saturated heterocycles. The lowest BCUT2D eigenvalue weighted by molar-refractivity contribution is 0.831. The van der Waals surface area contributed by atoms with Gasteiger partial charge in [0.15, 0.2) is 5.82 Å². The average Bonchev–Trinajstić information content (AvgIpc) is 2.83. The van der Waals surface area contributed by atoms with Gasteiger partial charge >= 0.3 is 0 Å². The maximum atomic E-state index is 6.10. The number of aryl methyl sites for hydroxylation is 1. The van der Waals surface area contributed by atoms with Gasteiger partial charge in [-0.15, -0.1) is 10.2 Å². The van der Waals surface area contributed by atoms with Crippen molar-refractivity contribution in [3.63, 3.8) is 0 Å². The summed E-state index contributed by atoms with van der Waals surface area (Å²) in [6.07, 6.45) is 1.82. The molecule has 0 aliphatic heterocycles. The van der Waals surface area contributed by atoms with Crippen LogP contribution in [0, 0.1) is 6.92 Å². The number of aromatic nitrogens is 2. The number of hydrogen-bond acceptors (Lipinski definition) is 3. The van der Waals surface area contributed by atoms with Gasteiger partial charge in [-0.05, 0) is 42.7 Å². The van der Waals surface area contributed by atoms with Crippen molar-refractivity contribution < 1.29 is 0 Å². The molecule has 112 valence electrons. The SMILES string of the molecule is Cc1cccc(N=Nc2c(C(C)C)nc3ccc(Cl)cn23)c1. The number of imidazole rings is 1. The smallest absolute Gasteiger partial charge is 0.183 e. The maximum absolute atomic E-state index is 6.10. The van der Waals surface area contributed by atoms with Crippen LogP contribution in [0.2, 0.25) is 5.02 Å². The normalized spacial score (nSPS) is 11.9. The fourth-order valence-corrected chi connectivity index (χ4v) is 2.47. The molecule has 22 heavy (non-hydrogen) atoms. The van der Waals surface area contributed by atoms with E-state index in [1.807, 2.05) is 53.9 Å². The molecule has 0 atom stereocenters. The molecular weight excluding hydrogens is 296 g/mol. The van der Waals surface area contributed by atoms with Crippen LogP contribution < -0.4 is 0 Å². The van der Waals surface area contributed by atoms with E-state index in [9.17, 15) is 0 Å². The van der Waals surface area contributed by atoms with Crippen LogP contribution in [0.1, 0.15) is 31.0 Å². The van der Waals surface area contributed by atoms with E-state index in [2.05, 4.69) is 29.1 Å². The van der Waals surface area contributed by atoms with Crippen molar-refractivity contribution in [2.75, 3.05) is 0 Å². The fraction of sp³-hybridized carbons (Fsp3) is 0.235. The van der Waals surface area contributed by atoms with Gasteiger partial charge in [-0.2, -0.15) is 0 Å². The molecule has 2 heterocycles. The van der Waals surface area contributed by atoms with Crippen molar-refractivity contribution in [2.24, 2.45) is 10.2 Å². The lowest BCUT2D eigenvalue weighted by Crippen LogP contribution is -1.87. The molecule has 0 aliphatic rings. The molecule has 0 bridgehead atoms. The monoisotopic (exact) mass is 312 g/mol. The molecule has 5 heteroatoms. The van der Waals surface area contributed by atoms with Gasteiger partial charge in [0.2, 0.25) is 0 Å². The molecule has 3 aromatic rings. The summed E-state index contributed by atoms with van der Waals surface area (Å²) in [7, 11) is 0. The second-order valence-electron chi connectivity index (χ2n) is 5.59. The lowest BCUT2D eigenvalue weighted by Gasteiger charge is -2.02. The van der Waals surface area contributed by atoms with Crippen LogP contribution >= 0.6 is 11.6 Å². The Hall–Kier alpha value is -2.20. The van der Waals surface area contributed by atoms with E-state index in [0.717, 1.165) is 28.4 Å². The fourth-order valence-electron chi connectivity index (χ4n) is 2.31. The molecule has 0 saturated carbocycles. The zero-order valence-corrected chi connectivity index (χ0v) is 13.5. The van der Waals surface area contributed by atoms with Gasteiger partial charge < -0.3 is 0 Å². The van der Waals surface area contributed by atoms with E-state index >= 15 is 0 Å². The quantitative estimate of drug-likeness (QED) is 0.560. The van der Waals surface area contributed by atoms with E-state index in [1.165, 1.54) is 0 Å². The third kappa shape index (κ3) is 2.88. The van der Waals surface area contributed by atoms with Gasteiger partial charge in [0.1, 0.15) is 5.65 Å². The molecule has 4 nitrogen and oxygen atoms in total. The third-order valence-electron chi connectivity index (χ3n) is 3.39. The first-order chi connectivity index (χ1) is 10.5. The van der Waals surface area contributed by atoms with E-state index in [0.29, 0.717) is 5.02 Å². The molecular formula is C17H17ClN4. The van der Waals surface area contributed by atoms with Crippen molar-refractivity contribution >= 4 is 28.8 Å². The molecule has 0 N–H and O–H groups in total. The van der Waals surface area contributed by atoms with Crippen LogP contribution in [0.25, 0.3) is 5.65 Å². The first-order valence-corrected chi connectivity index (χ1v) is 7.58. The topological polar surface area (TPSA) is 42.0 Å². The molecule has 0 radical (unpaired) electrons. The number of rotatable bonds is 3. The van der Waals surface area contributed by atoms with Gasteiger partial charge in [-0.3, -0.25) is 4.40 Å². The largest absolute Gasteiger partial charge is 0.281 e. The number of nitrogens with zero attached hydrogens (tertiary/aromatic N) is 4. The first kappa shape index (κ1) is 14.7. The van der Waals surface area contributed by atoms with Crippen LogP contribution in [0.3, 0.4) is 0 Å². The number of pyridine rings is 1. The van der Waals surface area contributed by atoms with Gasteiger partial charge in [-0.25, -0.2) is 4.98 Å². The Labute approximate surface area is 134 Å². The summed E-state index contributed by atoms with van der Waals surface area (Å²) in [5.74, 6) is 0.985. The number of benzene rings is 1. The molecule has 0 spiro atoms. The van der Waals surface area contributed by atoms with E-state index < -0.39 is 0 Å². The molecule has 2 aromatic heterocycles. The Morgan fingerprint density at radius 3 is 2.68 bits per heavy atom. The van der Waals surface area contributed by atoms with Gasteiger partial charge in [0, 0.05) is 6.20 Å². The minimum absolute atomic E-state index is 0.255. The summed E-state index contributed by atoms with van der Waals surface area (Å²) in [5, 5.41) is 9.43. The first-order valence-electron chi connectivity index (χ1n) is 7.20. The summed E-state index contributed by atoms with van der Waals surface area (Å²) >= 11 is 6.10. The number of halogens is 1. The summed E-state index contributed by atoms with van der Waals surface area (Å²) in [5.41, 5.74) is 3.72. The average molecular weight is 313 g/mol. The Morgan fingerprint density at radius 1 is 1.14 bits per heavy atom. The zero-order chi connectivity index (χ0) is 15.7. The minimum atomic E-state index is 0.255. The van der Waals surface area contributed by atoms with Crippen LogP contribution in [-0.4, -0.2) is 9.38 Å². The standard InChI is InChI=1S/C17H17ClN4/c1-11(2)16-17(21-20-14-6-4-5-12(3)9-14)22-10-13(18)7-8-15(22)19-16/h4-11H,1-3H3. The Kier molecular flexibility index (Phi) is 3.94. The number of fused-ring (bicyclic) bond motifs is 1. The summed E-state index contributed by atoms with van der Waals surface area (Å²) in [4.78, 5) is 4.63. The van der Waals surface area contributed by atoms with Crippen LogP contribution in [-0.2, 0) is 0 Å². The third-order valence-corrected chi connectivity index (χ3v) is 3.62. The highest BCUT2D eigenvalue weighted by molar-refractivity contribution is 6.30. The molecule has 1 aromatic carbocycles. The van der Waals surface area contributed by atoms with Crippen molar-refractivity contribution in [1.29, 1.82) is 0 Å². The Morgan fingerprint density at radius 2 is 1.95 bits per heavy atom. The van der Waals surface area contributed by atoms with Crippen molar-refractivity contribution in [3.05, 3.63) is 58.9 Å². The second-order valence-corrected chi connectivity index (χ2v) is 6.03. The number of hydrogen-bond donors (Lipinski definition) is 0. The summed E-state index contributed by atoms with van der Waals surface area (Å²) < 4.78 is 1.89. The van der Waals surface area contributed by atoms with Crippen LogP contribution in [0.4, 0.5) is 11.5 Å². The van der Waals surface area contributed by atoms with Crippen molar-refractivity contribution in [3.8, 4) is 0 Å². The highest BCUT2D eigenvalue weighted by Crippen LogP contribution is 2.30. The second kappa shape index (κ2) is 5.89. The number of azo groups is 1. The highest BCUT2D eigenvalue weighted by atomic mass is 35.5. The predicted octanol–water partition coefficient (Wildman–Crippen LogP) is 5.83.